The molecule has 1 atom stereocenters. The first-order valence-corrected chi connectivity index (χ1v) is 5.78. The van der Waals surface area contributed by atoms with Crippen LogP contribution in [-0.2, 0) is 17.7 Å². The van der Waals surface area contributed by atoms with Gasteiger partial charge in [-0.1, -0.05) is 11.6 Å². The lowest BCUT2D eigenvalue weighted by Crippen LogP contribution is -2.26. The number of ether oxygens (including phenoxy) is 1. The molecule has 5 heteroatoms. The SMILES string of the molecule is Clc1nn(C2CCOC2)c2c1CCNC2. The molecule has 2 aliphatic heterocycles. The molecule has 1 aromatic rings. The summed E-state index contributed by atoms with van der Waals surface area (Å²) in [4.78, 5) is 0. The molecule has 0 aliphatic carbocycles. The zero-order valence-electron chi connectivity index (χ0n) is 8.50. The summed E-state index contributed by atoms with van der Waals surface area (Å²) in [5.41, 5.74) is 2.48. The van der Waals surface area contributed by atoms with Crippen LogP contribution in [0.4, 0.5) is 0 Å². The van der Waals surface area contributed by atoms with Gasteiger partial charge in [0.25, 0.3) is 0 Å². The van der Waals surface area contributed by atoms with Crippen molar-refractivity contribution < 1.29 is 4.74 Å². The fourth-order valence-corrected chi connectivity index (χ4v) is 2.63. The molecule has 1 aromatic heterocycles. The number of aromatic nitrogens is 2. The Bertz CT molecular complexity index is 371. The minimum absolute atomic E-state index is 0.381. The Balaban J connectivity index is 1.99. The summed E-state index contributed by atoms with van der Waals surface area (Å²) < 4.78 is 7.45. The van der Waals surface area contributed by atoms with Crippen molar-refractivity contribution in [3.63, 3.8) is 0 Å². The second-order valence-corrected chi connectivity index (χ2v) is 4.46. The molecule has 2 aliphatic rings. The van der Waals surface area contributed by atoms with Crippen LogP contribution in [-0.4, -0.2) is 29.5 Å². The highest BCUT2D eigenvalue weighted by Crippen LogP contribution is 2.28. The van der Waals surface area contributed by atoms with Gasteiger partial charge in [-0.15, -0.1) is 0 Å². The maximum Gasteiger partial charge on any atom is 0.154 e. The van der Waals surface area contributed by atoms with Crippen LogP contribution in [0.2, 0.25) is 5.15 Å². The second kappa shape index (κ2) is 3.77. The molecule has 0 amide bonds. The summed E-state index contributed by atoms with van der Waals surface area (Å²) in [6.45, 7) is 3.49. The molecule has 15 heavy (non-hydrogen) atoms. The summed E-state index contributed by atoms with van der Waals surface area (Å²) in [5.74, 6) is 0. The van der Waals surface area contributed by atoms with Crippen molar-refractivity contribution in [2.75, 3.05) is 19.8 Å². The Hall–Kier alpha value is -0.580. The van der Waals surface area contributed by atoms with Gasteiger partial charge in [-0.2, -0.15) is 5.10 Å². The van der Waals surface area contributed by atoms with E-state index in [0.29, 0.717) is 11.2 Å². The molecular formula is C10H14ClN3O. The summed E-state index contributed by atoms with van der Waals surface area (Å²) in [6, 6.07) is 0.381. The number of rotatable bonds is 1. The summed E-state index contributed by atoms with van der Waals surface area (Å²) in [6.07, 6.45) is 2.03. The maximum absolute atomic E-state index is 6.14. The number of fused-ring (bicyclic) bond motifs is 1. The van der Waals surface area contributed by atoms with Crippen molar-refractivity contribution in [2.24, 2.45) is 0 Å². The molecule has 3 rings (SSSR count). The quantitative estimate of drug-likeness (QED) is 0.782. The van der Waals surface area contributed by atoms with Crippen LogP contribution in [0, 0.1) is 0 Å². The monoisotopic (exact) mass is 227 g/mol. The van der Waals surface area contributed by atoms with Gasteiger partial charge >= 0.3 is 0 Å². The molecule has 1 fully saturated rings. The van der Waals surface area contributed by atoms with Gasteiger partial charge in [0, 0.05) is 18.7 Å². The Morgan fingerprint density at radius 1 is 1.53 bits per heavy atom. The first-order chi connectivity index (χ1) is 7.36. The highest BCUT2D eigenvalue weighted by molar-refractivity contribution is 6.30. The van der Waals surface area contributed by atoms with Crippen LogP contribution in [0.1, 0.15) is 23.7 Å². The maximum atomic E-state index is 6.14. The van der Waals surface area contributed by atoms with E-state index in [1.807, 2.05) is 0 Å². The minimum Gasteiger partial charge on any atom is -0.379 e. The first-order valence-electron chi connectivity index (χ1n) is 5.40. The molecule has 0 saturated carbocycles. The minimum atomic E-state index is 0.381. The number of nitrogens with zero attached hydrogens (tertiary/aromatic N) is 2. The molecule has 82 valence electrons. The van der Waals surface area contributed by atoms with Gasteiger partial charge in [0.05, 0.1) is 18.3 Å². The topological polar surface area (TPSA) is 39.1 Å². The molecule has 4 nitrogen and oxygen atoms in total. The average molecular weight is 228 g/mol. The molecule has 1 N–H and O–H groups in total. The van der Waals surface area contributed by atoms with Gasteiger partial charge in [-0.25, -0.2) is 0 Å². The average Bonchev–Trinajstić information content (AvgIpc) is 2.87. The Kier molecular flexibility index (Phi) is 2.42. The van der Waals surface area contributed by atoms with E-state index in [-0.39, 0.29) is 0 Å². The molecule has 0 spiro atoms. The molecule has 0 aromatic carbocycles. The lowest BCUT2D eigenvalue weighted by molar-refractivity contribution is 0.183. The smallest absolute Gasteiger partial charge is 0.154 e. The largest absolute Gasteiger partial charge is 0.379 e. The predicted molar refractivity (Wildman–Crippen MR) is 57.1 cm³/mol. The van der Waals surface area contributed by atoms with Crippen molar-refractivity contribution in [1.82, 2.24) is 15.1 Å². The normalized spacial score (nSPS) is 25.5. The number of hydrogen-bond acceptors (Lipinski definition) is 3. The second-order valence-electron chi connectivity index (χ2n) is 4.10. The fraction of sp³-hybridized carbons (Fsp3) is 0.700. The van der Waals surface area contributed by atoms with E-state index in [4.69, 9.17) is 16.3 Å². The van der Waals surface area contributed by atoms with E-state index < -0.39 is 0 Å². The third kappa shape index (κ3) is 1.57. The highest BCUT2D eigenvalue weighted by Gasteiger charge is 2.26. The lowest BCUT2D eigenvalue weighted by Gasteiger charge is -2.17. The van der Waals surface area contributed by atoms with Gasteiger partial charge in [-0.3, -0.25) is 4.68 Å². The number of nitrogens with one attached hydrogen (secondary N) is 1. The molecule has 1 unspecified atom stereocenters. The summed E-state index contributed by atoms with van der Waals surface area (Å²) >= 11 is 6.14. The van der Waals surface area contributed by atoms with Crippen molar-refractivity contribution >= 4 is 11.6 Å². The van der Waals surface area contributed by atoms with E-state index >= 15 is 0 Å². The molecule has 0 radical (unpaired) electrons. The van der Waals surface area contributed by atoms with Crippen LogP contribution < -0.4 is 5.32 Å². The molecule has 3 heterocycles. The first kappa shape index (κ1) is 9.63. The van der Waals surface area contributed by atoms with Crippen molar-refractivity contribution in [1.29, 1.82) is 0 Å². The van der Waals surface area contributed by atoms with Crippen molar-refractivity contribution in [3.8, 4) is 0 Å². The van der Waals surface area contributed by atoms with Gasteiger partial charge in [0.2, 0.25) is 0 Å². The van der Waals surface area contributed by atoms with E-state index in [1.54, 1.807) is 0 Å². The zero-order valence-corrected chi connectivity index (χ0v) is 9.26. The van der Waals surface area contributed by atoms with E-state index in [1.165, 1.54) is 11.3 Å². The van der Waals surface area contributed by atoms with E-state index in [0.717, 1.165) is 39.1 Å². The highest BCUT2D eigenvalue weighted by atomic mass is 35.5. The Morgan fingerprint density at radius 2 is 2.47 bits per heavy atom. The van der Waals surface area contributed by atoms with Crippen LogP contribution in [0.15, 0.2) is 0 Å². The van der Waals surface area contributed by atoms with E-state index in [9.17, 15) is 0 Å². The van der Waals surface area contributed by atoms with Gasteiger partial charge in [0.1, 0.15) is 0 Å². The van der Waals surface area contributed by atoms with Crippen LogP contribution in [0.3, 0.4) is 0 Å². The van der Waals surface area contributed by atoms with Crippen molar-refractivity contribution in [3.05, 3.63) is 16.4 Å². The summed E-state index contributed by atoms with van der Waals surface area (Å²) in [5, 5.41) is 8.47. The van der Waals surface area contributed by atoms with Gasteiger partial charge < -0.3 is 10.1 Å². The van der Waals surface area contributed by atoms with Crippen LogP contribution in [0.5, 0.6) is 0 Å². The van der Waals surface area contributed by atoms with Crippen LogP contribution in [0.25, 0.3) is 0 Å². The third-order valence-corrected chi connectivity index (χ3v) is 3.47. The fourth-order valence-electron chi connectivity index (χ4n) is 2.34. The molecular weight excluding hydrogens is 214 g/mol. The summed E-state index contributed by atoms with van der Waals surface area (Å²) in [7, 11) is 0. The number of halogens is 1. The lowest BCUT2D eigenvalue weighted by atomic mass is 10.1. The Labute approximate surface area is 93.5 Å². The van der Waals surface area contributed by atoms with Gasteiger partial charge in [0.15, 0.2) is 5.15 Å². The van der Waals surface area contributed by atoms with Crippen LogP contribution >= 0.6 is 11.6 Å². The molecule has 1 saturated heterocycles. The molecule has 0 bridgehead atoms. The predicted octanol–water partition coefficient (Wildman–Crippen LogP) is 1.14. The number of hydrogen-bond donors (Lipinski definition) is 1. The van der Waals surface area contributed by atoms with Crippen molar-refractivity contribution in [2.45, 2.75) is 25.4 Å². The zero-order chi connectivity index (χ0) is 10.3. The van der Waals surface area contributed by atoms with E-state index in [2.05, 4.69) is 15.1 Å². The third-order valence-electron chi connectivity index (χ3n) is 3.17. The van der Waals surface area contributed by atoms with Gasteiger partial charge in [-0.05, 0) is 19.4 Å². The standard InChI is InChI=1S/C10H14ClN3O/c11-10-8-1-3-12-5-9(8)14(13-10)7-2-4-15-6-7/h7,12H,1-6H2. The Morgan fingerprint density at radius 3 is 3.27 bits per heavy atom.